The highest BCUT2D eigenvalue weighted by Gasteiger charge is 2.19. The Labute approximate surface area is 94.1 Å². The normalized spacial score (nSPS) is 12.8. The van der Waals surface area contributed by atoms with E-state index < -0.39 is 23.3 Å². The fourth-order valence-electron chi connectivity index (χ4n) is 1.56. The van der Waals surface area contributed by atoms with Crippen molar-refractivity contribution in [3.63, 3.8) is 0 Å². The van der Waals surface area contributed by atoms with Gasteiger partial charge in [-0.3, -0.25) is 14.3 Å². The van der Waals surface area contributed by atoms with Crippen molar-refractivity contribution in [3.05, 3.63) is 27.2 Å². The van der Waals surface area contributed by atoms with E-state index in [-0.39, 0.29) is 11.2 Å². The minimum absolute atomic E-state index is 0.0713. The Morgan fingerprint density at radius 3 is 2.76 bits per heavy atom. The maximum atomic E-state index is 11.6. The van der Waals surface area contributed by atoms with Crippen LogP contribution >= 0.6 is 0 Å². The minimum Gasteiger partial charge on any atom is -0.480 e. The van der Waals surface area contributed by atoms with Gasteiger partial charge in [-0.1, -0.05) is 0 Å². The van der Waals surface area contributed by atoms with Gasteiger partial charge in [0.05, 0.1) is 6.33 Å². The molecule has 0 amide bonds. The van der Waals surface area contributed by atoms with E-state index in [1.807, 2.05) is 0 Å². The molecule has 0 unspecified atom stereocenters. The van der Waals surface area contributed by atoms with Gasteiger partial charge < -0.3 is 9.67 Å². The second-order valence-electron chi connectivity index (χ2n) is 3.66. The Kier molecular flexibility index (Phi) is 2.34. The summed E-state index contributed by atoms with van der Waals surface area (Å²) in [4.78, 5) is 39.8. The highest BCUT2D eigenvalue weighted by Crippen LogP contribution is 2.12. The predicted molar refractivity (Wildman–Crippen MR) is 57.9 cm³/mol. The van der Waals surface area contributed by atoms with E-state index in [0.717, 1.165) is 4.57 Å². The molecule has 0 fully saturated rings. The van der Waals surface area contributed by atoms with Crippen LogP contribution in [-0.4, -0.2) is 30.2 Å². The van der Waals surface area contributed by atoms with Gasteiger partial charge in [0.2, 0.25) is 0 Å². The van der Waals surface area contributed by atoms with Crippen LogP contribution in [0.4, 0.5) is 0 Å². The van der Waals surface area contributed by atoms with Gasteiger partial charge in [0.1, 0.15) is 6.04 Å². The van der Waals surface area contributed by atoms with E-state index in [1.54, 1.807) is 0 Å². The zero-order valence-corrected chi connectivity index (χ0v) is 9.17. The van der Waals surface area contributed by atoms with Crippen LogP contribution in [0.2, 0.25) is 0 Å². The summed E-state index contributed by atoms with van der Waals surface area (Å²) >= 11 is 0. The smallest absolute Gasteiger partial charge is 0.329 e. The van der Waals surface area contributed by atoms with Crippen LogP contribution in [0.15, 0.2) is 15.9 Å². The Balaban J connectivity index is 2.87. The molecule has 0 aromatic carbocycles. The van der Waals surface area contributed by atoms with Crippen LogP contribution in [0.3, 0.4) is 0 Å². The molecule has 0 aliphatic heterocycles. The number of aromatic amines is 1. The van der Waals surface area contributed by atoms with Crippen LogP contribution < -0.4 is 11.2 Å². The minimum atomic E-state index is -1.09. The number of fused-ring (bicyclic) bond motifs is 1. The first kappa shape index (κ1) is 11.1. The van der Waals surface area contributed by atoms with Crippen LogP contribution in [0.1, 0.15) is 13.0 Å². The molecule has 0 aliphatic rings. The van der Waals surface area contributed by atoms with E-state index in [0.29, 0.717) is 0 Å². The molecule has 2 rings (SSSR count). The number of carboxylic acid groups (broad SMARTS) is 1. The topological polar surface area (TPSA) is 110 Å². The fraction of sp³-hybridized carbons (Fsp3) is 0.333. The van der Waals surface area contributed by atoms with Crippen LogP contribution in [-0.2, 0) is 11.8 Å². The van der Waals surface area contributed by atoms with Crippen molar-refractivity contribution < 1.29 is 9.90 Å². The molecule has 2 N–H and O–H groups in total. The number of hydrogen-bond donors (Lipinski definition) is 2. The van der Waals surface area contributed by atoms with Crippen molar-refractivity contribution in [2.75, 3.05) is 0 Å². The highest BCUT2D eigenvalue weighted by molar-refractivity contribution is 5.76. The van der Waals surface area contributed by atoms with Gasteiger partial charge in [0.25, 0.3) is 5.56 Å². The quantitative estimate of drug-likeness (QED) is 0.702. The summed E-state index contributed by atoms with van der Waals surface area (Å²) in [5.41, 5.74) is -1.00. The third-order valence-corrected chi connectivity index (χ3v) is 2.61. The van der Waals surface area contributed by atoms with Crippen molar-refractivity contribution in [2.24, 2.45) is 7.05 Å². The van der Waals surface area contributed by atoms with E-state index in [1.165, 1.54) is 24.9 Å². The maximum Gasteiger partial charge on any atom is 0.329 e. The number of aromatic nitrogens is 4. The van der Waals surface area contributed by atoms with Crippen molar-refractivity contribution in [1.29, 1.82) is 0 Å². The fourth-order valence-corrected chi connectivity index (χ4v) is 1.56. The first-order valence-corrected chi connectivity index (χ1v) is 4.82. The highest BCUT2D eigenvalue weighted by atomic mass is 16.4. The number of carboxylic acids is 1. The van der Waals surface area contributed by atoms with Crippen molar-refractivity contribution in [3.8, 4) is 0 Å². The summed E-state index contributed by atoms with van der Waals surface area (Å²) in [6.45, 7) is 1.42. The summed E-state index contributed by atoms with van der Waals surface area (Å²) in [6.07, 6.45) is 1.23. The first-order chi connectivity index (χ1) is 7.93. The number of nitrogens with zero attached hydrogens (tertiary/aromatic N) is 3. The lowest BCUT2D eigenvalue weighted by atomic mass is 10.3. The van der Waals surface area contributed by atoms with Gasteiger partial charge >= 0.3 is 11.7 Å². The molecule has 8 nitrogen and oxygen atoms in total. The number of imidazole rings is 1. The molecule has 2 aromatic rings. The van der Waals surface area contributed by atoms with Gasteiger partial charge in [-0.15, -0.1) is 0 Å². The number of hydrogen-bond acceptors (Lipinski definition) is 4. The number of nitrogens with one attached hydrogen (secondary N) is 1. The molecule has 0 saturated heterocycles. The predicted octanol–water partition coefficient (Wildman–Crippen LogP) is -0.931. The molecule has 8 heteroatoms. The summed E-state index contributed by atoms with van der Waals surface area (Å²) in [5, 5.41) is 8.90. The summed E-state index contributed by atoms with van der Waals surface area (Å²) in [7, 11) is 1.45. The molecule has 2 heterocycles. The van der Waals surface area contributed by atoms with Crippen molar-refractivity contribution in [2.45, 2.75) is 13.0 Å². The lowest BCUT2D eigenvalue weighted by Crippen LogP contribution is -2.30. The Morgan fingerprint density at radius 2 is 2.18 bits per heavy atom. The van der Waals surface area contributed by atoms with Gasteiger partial charge in [0.15, 0.2) is 11.2 Å². The van der Waals surface area contributed by atoms with Gasteiger partial charge in [-0.25, -0.2) is 14.6 Å². The number of carbonyl (C=O) groups is 1. The van der Waals surface area contributed by atoms with Gasteiger partial charge in [-0.2, -0.15) is 0 Å². The number of aryl methyl sites for hydroxylation is 1. The molecule has 17 heavy (non-hydrogen) atoms. The van der Waals surface area contributed by atoms with E-state index in [2.05, 4.69) is 9.97 Å². The standard InChI is InChI=1S/C9H10N4O4/c1-4(8(15)16)13-3-10-6-5(13)7(14)11-9(17)12(6)2/h3-4H,1-2H3,(H,15,16)(H,11,14,17)/t4-/m0/s1. The Bertz CT molecular complexity index is 708. The summed E-state index contributed by atoms with van der Waals surface area (Å²) in [6, 6.07) is -0.932. The second kappa shape index (κ2) is 3.58. The second-order valence-corrected chi connectivity index (χ2v) is 3.66. The molecule has 0 saturated carbocycles. The number of aliphatic carboxylic acids is 1. The number of rotatable bonds is 2. The zero-order chi connectivity index (χ0) is 12.7. The van der Waals surface area contributed by atoms with Crippen molar-refractivity contribution >= 4 is 17.1 Å². The molecule has 0 radical (unpaired) electrons. The average Bonchev–Trinajstić information content (AvgIpc) is 2.69. The molecular formula is C9H10N4O4. The van der Waals surface area contributed by atoms with E-state index >= 15 is 0 Å². The lowest BCUT2D eigenvalue weighted by molar-refractivity contribution is -0.140. The Morgan fingerprint density at radius 1 is 1.53 bits per heavy atom. The van der Waals surface area contributed by atoms with E-state index in [9.17, 15) is 14.4 Å². The summed E-state index contributed by atoms with van der Waals surface area (Å²) < 4.78 is 2.37. The monoisotopic (exact) mass is 238 g/mol. The number of H-pyrrole nitrogens is 1. The molecule has 0 aliphatic carbocycles. The maximum absolute atomic E-state index is 11.6. The molecule has 0 bridgehead atoms. The first-order valence-electron chi connectivity index (χ1n) is 4.82. The Hall–Kier alpha value is -2.38. The SMILES string of the molecule is C[C@@H](C(=O)O)n1cnc2c1c(=O)[nH]c(=O)n2C. The molecular weight excluding hydrogens is 228 g/mol. The molecule has 90 valence electrons. The van der Waals surface area contributed by atoms with Crippen LogP contribution in [0, 0.1) is 0 Å². The lowest BCUT2D eigenvalue weighted by Gasteiger charge is -2.08. The third kappa shape index (κ3) is 1.53. The third-order valence-electron chi connectivity index (χ3n) is 2.61. The van der Waals surface area contributed by atoms with Crippen molar-refractivity contribution in [1.82, 2.24) is 19.1 Å². The van der Waals surface area contributed by atoms with Crippen LogP contribution in [0.5, 0.6) is 0 Å². The zero-order valence-electron chi connectivity index (χ0n) is 9.17. The molecule has 0 spiro atoms. The van der Waals surface area contributed by atoms with Crippen LogP contribution in [0.25, 0.3) is 11.2 Å². The summed E-state index contributed by atoms with van der Waals surface area (Å²) in [5.74, 6) is -1.09. The van der Waals surface area contributed by atoms with E-state index in [4.69, 9.17) is 5.11 Å². The van der Waals surface area contributed by atoms with Gasteiger partial charge in [0, 0.05) is 7.05 Å². The molecule has 2 aromatic heterocycles. The average molecular weight is 238 g/mol. The molecule has 1 atom stereocenters. The largest absolute Gasteiger partial charge is 0.480 e. The van der Waals surface area contributed by atoms with Gasteiger partial charge in [-0.05, 0) is 6.92 Å².